The van der Waals surface area contributed by atoms with E-state index in [0.717, 1.165) is 49.8 Å². The monoisotopic (exact) mass is 287 g/mol. The van der Waals surface area contributed by atoms with Gasteiger partial charge in [0.2, 0.25) is 0 Å². The number of aromatic nitrogens is 2. The molecule has 2 aromatic rings. The number of anilines is 1. The van der Waals surface area contributed by atoms with E-state index in [1.807, 2.05) is 26.2 Å². The Labute approximate surface area is 124 Å². The minimum atomic E-state index is 0.588. The third-order valence-corrected chi connectivity index (χ3v) is 3.67. The van der Waals surface area contributed by atoms with Crippen LogP contribution < -0.4 is 10.2 Å². The molecule has 0 amide bonds. The summed E-state index contributed by atoms with van der Waals surface area (Å²) in [5.41, 5.74) is 2.11. The van der Waals surface area contributed by atoms with Crippen LogP contribution in [-0.4, -0.2) is 55.3 Å². The van der Waals surface area contributed by atoms with Crippen LogP contribution in [-0.2, 0) is 6.54 Å². The van der Waals surface area contributed by atoms with Crippen LogP contribution in [0.15, 0.2) is 28.8 Å². The summed E-state index contributed by atoms with van der Waals surface area (Å²) in [6.45, 7) is 4.86. The van der Waals surface area contributed by atoms with Crippen molar-refractivity contribution < 1.29 is 4.52 Å². The van der Waals surface area contributed by atoms with Crippen LogP contribution in [0.25, 0.3) is 11.5 Å². The lowest BCUT2D eigenvalue weighted by atomic mass is 10.2. The molecule has 2 heterocycles. The van der Waals surface area contributed by atoms with Gasteiger partial charge in [0.1, 0.15) is 0 Å². The Balaban J connectivity index is 1.69. The fourth-order valence-corrected chi connectivity index (χ4v) is 2.41. The van der Waals surface area contributed by atoms with Crippen LogP contribution in [0.3, 0.4) is 0 Å². The molecule has 6 heteroatoms. The van der Waals surface area contributed by atoms with E-state index in [9.17, 15) is 0 Å². The molecule has 0 atom stereocenters. The molecule has 0 saturated carbocycles. The molecular weight excluding hydrogens is 266 g/mol. The van der Waals surface area contributed by atoms with Gasteiger partial charge in [0.15, 0.2) is 5.82 Å². The molecule has 1 fully saturated rings. The summed E-state index contributed by atoms with van der Waals surface area (Å²) in [4.78, 5) is 8.89. The van der Waals surface area contributed by atoms with Gasteiger partial charge in [0, 0.05) is 51.5 Å². The molecule has 1 aliphatic rings. The summed E-state index contributed by atoms with van der Waals surface area (Å²) in [6.07, 6.45) is 0. The molecule has 3 rings (SSSR count). The first kappa shape index (κ1) is 14.0. The maximum atomic E-state index is 5.38. The number of benzene rings is 1. The van der Waals surface area contributed by atoms with Crippen LogP contribution in [0.5, 0.6) is 0 Å². The van der Waals surface area contributed by atoms with Gasteiger partial charge in [0.25, 0.3) is 5.89 Å². The van der Waals surface area contributed by atoms with Gasteiger partial charge in [-0.15, -0.1) is 0 Å². The van der Waals surface area contributed by atoms with Crippen molar-refractivity contribution in [2.45, 2.75) is 6.54 Å². The van der Waals surface area contributed by atoms with Crippen molar-refractivity contribution in [1.29, 1.82) is 0 Å². The number of nitrogens with one attached hydrogen (secondary N) is 1. The molecule has 6 nitrogen and oxygen atoms in total. The van der Waals surface area contributed by atoms with Crippen molar-refractivity contribution in [3.63, 3.8) is 0 Å². The van der Waals surface area contributed by atoms with E-state index in [0.29, 0.717) is 5.89 Å². The van der Waals surface area contributed by atoms with Gasteiger partial charge in [0.05, 0.1) is 6.54 Å². The van der Waals surface area contributed by atoms with Gasteiger partial charge in [-0.05, 0) is 24.3 Å². The van der Waals surface area contributed by atoms with E-state index < -0.39 is 0 Å². The van der Waals surface area contributed by atoms with E-state index in [1.54, 1.807) is 0 Å². The Kier molecular flexibility index (Phi) is 4.17. The summed E-state index contributed by atoms with van der Waals surface area (Å²) < 4.78 is 5.38. The number of piperazine rings is 1. The standard InChI is InChI=1S/C15H21N5O/c1-19(2)13-5-3-12(4-6-13)15-17-14(18-21-15)11-20-9-7-16-8-10-20/h3-6,16H,7-11H2,1-2H3. The third kappa shape index (κ3) is 3.40. The minimum absolute atomic E-state index is 0.588. The van der Waals surface area contributed by atoms with Crippen molar-refractivity contribution in [3.05, 3.63) is 30.1 Å². The molecular formula is C15H21N5O. The van der Waals surface area contributed by atoms with Crippen molar-refractivity contribution in [1.82, 2.24) is 20.4 Å². The predicted molar refractivity (Wildman–Crippen MR) is 82.2 cm³/mol. The Morgan fingerprint density at radius 3 is 2.57 bits per heavy atom. The average Bonchev–Trinajstić information content (AvgIpc) is 2.97. The summed E-state index contributed by atoms with van der Waals surface area (Å²) in [7, 11) is 4.04. The van der Waals surface area contributed by atoms with Crippen LogP contribution in [0.4, 0.5) is 5.69 Å². The number of rotatable bonds is 4. The molecule has 112 valence electrons. The molecule has 1 N–H and O–H groups in total. The van der Waals surface area contributed by atoms with E-state index in [1.165, 1.54) is 0 Å². The molecule has 0 spiro atoms. The summed E-state index contributed by atoms with van der Waals surface area (Å²) in [5, 5.41) is 7.42. The van der Waals surface area contributed by atoms with Gasteiger partial charge >= 0.3 is 0 Å². The SMILES string of the molecule is CN(C)c1ccc(-c2nc(CN3CCNCC3)no2)cc1. The summed E-state index contributed by atoms with van der Waals surface area (Å²) in [5.74, 6) is 1.34. The first-order chi connectivity index (χ1) is 10.2. The first-order valence-electron chi connectivity index (χ1n) is 7.26. The predicted octanol–water partition coefficient (Wildman–Crippen LogP) is 1.21. The second-order valence-corrected chi connectivity index (χ2v) is 5.48. The van der Waals surface area contributed by atoms with Gasteiger partial charge < -0.3 is 14.7 Å². The summed E-state index contributed by atoms with van der Waals surface area (Å²) in [6, 6.07) is 8.12. The topological polar surface area (TPSA) is 57.4 Å². The zero-order valence-corrected chi connectivity index (χ0v) is 12.5. The lowest BCUT2D eigenvalue weighted by molar-refractivity contribution is 0.225. The minimum Gasteiger partial charge on any atom is -0.378 e. The average molecular weight is 287 g/mol. The Morgan fingerprint density at radius 2 is 1.90 bits per heavy atom. The molecule has 21 heavy (non-hydrogen) atoms. The fraction of sp³-hybridized carbons (Fsp3) is 0.467. The second-order valence-electron chi connectivity index (χ2n) is 5.48. The largest absolute Gasteiger partial charge is 0.378 e. The zero-order chi connectivity index (χ0) is 14.7. The molecule has 0 radical (unpaired) electrons. The molecule has 1 aromatic carbocycles. The van der Waals surface area contributed by atoms with Crippen LogP contribution in [0, 0.1) is 0 Å². The smallest absolute Gasteiger partial charge is 0.257 e. The molecule has 0 aliphatic carbocycles. The van der Waals surface area contributed by atoms with Crippen LogP contribution in [0.1, 0.15) is 5.82 Å². The highest BCUT2D eigenvalue weighted by Gasteiger charge is 2.14. The highest BCUT2D eigenvalue weighted by Crippen LogP contribution is 2.21. The van der Waals surface area contributed by atoms with Gasteiger partial charge in [-0.25, -0.2) is 0 Å². The van der Waals surface area contributed by atoms with E-state index in [2.05, 4.69) is 37.4 Å². The molecule has 1 saturated heterocycles. The van der Waals surface area contributed by atoms with Gasteiger partial charge in [-0.1, -0.05) is 5.16 Å². The van der Waals surface area contributed by atoms with Gasteiger partial charge in [-0.3, -0.25) is 4.90 Å². The van der Waals surface area contributed by atoms with Crippen molar-refractivity contribution in [2.75, 3.05) is 45.2 Å². The van der Waals surface area contributed by atoms with Crippen LogP contribution >= 0.6 is 0 Å². The number of hydrogen-bond donors (Lipinski definition) is 1. The Morgan fingerprint density at radius 1 is 1.19 bits per heavy atom. The van der Waals surface area contributed by atoms with E-state index >= 15 is 0 Å². The highest BCUT2D eigenvalue weighted by molar-refractivity contribution is 5.58. The Hall–Kier alpha value is -1.92. The number of nitrogens with zero attached hydrogens (tertiary/aromatic N) is 4. The highest BCUT2D eigenvalue weighted by atomic mass is 16.5. The molecule has 0 unspecified atom stereocenters. The number of hydrogen-bond acceptors (Lipinski definition) is 6. The lowest BCUT2D eigenvalue weighted by Crippen LogP contribution is -2.43. The van der Waals surface area contributed by atoms with Crippen molar-refractivity contribution >= 4 is 5.69 Å². The molecule has 0 bridgehead atoms. The maximum absolute atomic E-state index is 5.38. The lowest BCUT2D eigenvalue weighted by Gasteiger charge is -2.25. The Bertz CT molecular complexity index is 572. The quantitative estimate of drug-likeness (QED) is 0.912. The van der Waals surface area contributed by atoms with Crippen molar-refractivity contribution in [3.8, 4) is 11.5 Å². The zero-order valence-electron chi connectivity index (χ0n) is 12.5. The van der Waals surface area contributed by atoms with Crippen LogP contribution in [0.2, 0.25) is 0 Å². The van der Waals surface area contributed by atoms with E-state index in [4.69, 9.17) is 4.52 Å². The molecule has 1 aromatic heterocycles. The van der Waals surface area contributed by atoms with E-state index in [-0.39, 0.29) is 0 Å². The van der Waals surface area contributed by atoms with Crippen molar-refractivity contribution in [2.24, 2.45) is 0 Å². The normalized spacial score (nSPS) is 16.1. The third-order valence-electron chi connectivity index (χ3n) is 3.67. The maximum Gasteiger partial charge on any atom is 0.257 e. The first-order valence-corrected chi connectivity index (χ1v) is 7.26. The second kappa shape index (κ2) is 6.24. The fourth-order valence-electron chi connectivity index (χ4n) is 2.41. The summed E-state index contributed by atoms with van der Waals surface area (Å²) >= 11 is 0. The molecule has 1 aliphatic heterocycles. The van der Waals surface area contributed by atoms with Gasteiger partial charge in [-0.2, -0.15) is 4.98 Å².